The summed E-state index contributed by atoms with van der Waals surface area (Å²) in [5, 5.41) is 0. The maximum absolute atomic E-state index is 13.4. The minimum atomic E-state index is -0.239. The third-order valence-electron chi connectivity index (χ3n) is 3.53. The molecule has 1 aliphatic carbocycles. The first-order chi connectivity index (χ1) is 8.24. The van der Waals surface area contributed by atoms with Gasteiger partial charge in [0.2, 0.25) is 0 Å². The minimum absolute atomic E-state index is 0.239. The van der Waals surface area contributed by atoms with Crippen LogP contribution in [0.1, 0.15) is 43.8 Å². The van der Waals surface area contributed by atoms with Gasteiger partial charge in [-0.15, -0.1) is 0 Å². The number of aromatic nitrogens is 2. The SMILES string of the molecule is Fc1cc2[nH]c(C3CCCCC3)nc2cc1Br. The number of hydrogen-bond acceptors (Lipinski definition) is 1. The Balaban J connectivity index is 2.00. The Bertz CT molecular complexity index is 505. The quantitative estimate of drug-likeness (QED) is 0.824. The van der Waals surface area contributed by atoms with Crippen LogP contribution in [0.5, 0.6) is 0 Å². The number of H-pyrrole nitrogens is 1. The van der Waals surface area contributed by atoms with E-state index >= 15 is 0 Å². The molecule has 0 bridgehead atoms. The molecule has 1 aromatic heterocycles. The summed E-state index contributed by atoms with van der Waals surface area (Å²) in [4.78, 5) is 7.85. The number of benzene rings is 1. The van der Waals surface area contributed by atoms with Gasteiger partial charge in [0.05, 0.1) is 15.5 Å². The largest absolute Gasteiger partial charge is 0.342 e. The summed E-state index contributed by atoms with van der Waals surface area (Å²) in [7, 11) is 0. The van der Waals surface area contributed by atoms with E-state index in [1.807, 2.05) is 0 Å². The Kier molecular flexibility index (Phi) is 2.90. The average Bonchev–Trinajstić information content (AvgIpc) is 2.74. The fourth-order valence-electron chi connectivity index (χ4n) is 2.59. The van der Waals surface area contributed by atoms with E-state index in [1.54, 1.807) is 6.07 Å². The Hall–Kier alpha value is -0.900. The number of hydrogen-bond donors (Lipinski definition) is 1. The van der Waals surface area contributed by atoms with Gasteiger partial charge in [-0.1, -0.05) is 19.3 Å². The molecule has 0 radical (unpaired) electrons. The predicted octanol–water partition coefficient (Wildman–Crippen LogP) is 4.51. The highest BCUT2D eigenvalue weighted by molar-refractivity contribution is 9.10. The van der Waals surface area contributed by atoms with Crippen molar-refractivity contribution in [2.45, 2.75) is 38.0 Å². The van der Waals surface area contributed by atoms with Crippen LogP contribution in [-0.2, 0) is 0 Å². The molecule has 1 fully saturated rings. The summed E-state index contributed by atoms with van der Waals surface area (Å²) in [5.74, 6) is 1.31. The second-order valence-electron chi connectivity index (χ2n) is 4.74. The van der Waals surface area contributed by atoms with Crippen molar-refractivity contribution in [3.8, 4) is 0 Å². The highest BCUT2D eigenvalue weighted by Gasteiger charge is 2.19. The summed E-state index contributed by atoms with van der Waals surface area (Å²) in [5.41, 5.74) is 1.64. The molecule has 17 heavy (non-hydrogen) atoms. The van der Waals surface area contributed by atoms with Crippen LogP contribution in [0.2, 0.25) is 0 Å². The highest BCUT2D eigenvalue weighted by atomic mass is 79.9. The second kappa shape index (κ2) is 4.41. The van der Waals surface area contributed by atoms with Gasteiger partial charge >= 0.3 is 0 Å². The lowest BCUT2D eigenvalue weighted by atomic mass is 9.89. The summed E-state index contributed by atoms with van der Waals surface area (Å²) < 4.78 is 13.9. The highest BCUT2D eigenvalue weighted by Crippen LogP contribution is 2.32. The summed E-state index contributed by atoms with van der Waals surface area (Å²) in [6.07, 6.45) is 6.28. The second-order valence-corrected chi connectivity index (χ2v) is 5.59. The van der Waals surface area contributed by atoms with Crippen LogP contribution in [0.25, 0.3) is 11.0 Å². The molecule has 90 valence electrons. The Morgan fingerprint density at radius 2 is 2.00 bits per heavy atom. The van der Waals surface area contributed by atoms with E-state index in [-0.39, 0.29) is 5.82 Å². The van der Waals surface area contributed by atoms with E-state index < -0.39 is 0 Å². The zero-order chi connectivity index (χ0) is 11.8. The van der Waals surface area contributed by atoms with Gasteiger partial charge in [-0.25, -0.2) is 9.37 Å². The lowest BCUT2D eigenvalue weighted by molar-refractivity contribution is 0.431. The molecule has 1 heterocycles. The standard InChI is InChI=1S/C13H14BrFN2/c14-9-6-11-12(7-10(9)15)17-13(16-11)8-4-2-1-3-5-8/h6-8H,1-5H2,(H,16,17). The number of nitrogens with one attached hydrogen (secondary N) is 1. The molecule has 3 rings (SSSR count). The topological polar surface area (TPSA) is 28.7 Å². The van der Waals surface area contributed by atoms with E-state index in [9.17, 15) is 4.39 Å². The molecule has 0 amide bonds. The fraction of sp³-hybridized carbons (Fsp3) is 0.462. The van der Waals surface area contributed by atoms with Crippen LogP contribution in [0.15, 0.2) is 16.6 Å². The average molecular weight is 297 g/mol. The molecule has 4 heteroatoms. The van der Waals surface area contributed by atoms with E-state index in [0.717, 1.165) is 16.9 Å². The Morgan fingerprint density at radius 1 is 1.24 bits per heavy atom. The first kappa shape index (κ1) is 11.2. The first-order valence-electron chi connectivity index (χ1n) is 6.09. The lowest BCUT2D eigenvalue weighted by Crippen LogP contribution is -2.05. The van der Waals surface area contributed by atoms with Crippen molar-refractivity contribution in [2.75, 3.05) is 0 Å². The van der Waals surface area contributed by atoms with Crippen molar-refractivity contribution in [1.29, 1.82) is 0 Å². The smallest absolute Gasteiger partial charge is 0.139 e. The summed E-state index contributed by atoms with van der Waals surface area (Å²) in [6, 6.07) is 3.26. The van der Waals surface area contributed by atoms with Gasteiger partial charge in [0.25, 0.3) is 0 Å². The van der Waals surface area contributed by atoms with Crippen molar-refractivity contribution in [3.63, 3.8) is 0 Å². The number of imidazole rings is 1. The van der Waals surface area contributed by atoms with Gasteiger partial charge in [-0.3, -0.25) is 0 Å². The molecule has 0 atom stereocenters. The van der Waals surface area contributed by atoms with Crippen LogP contribution >= 0.6 is 15.9 Å². The number of rotatable bonds is 1. The number of fused-ring (bicyclic) bond motifs is 1. The van der Waals surface area contributed by atoms with Crippen LogP contribution < -0.4 is 0 Å². The van der Waals surface area contributed by atoms with Crippen LogP contribution in [0.4, 0.5) is 4.39 Å². The predicted molar refractivity (Wildman–Crippen MR) is 69.6 cm³/mol. The van der Waals surface area contributed by atoms with Crippen molar-refractivity contribution >= 4 is 27.0 Å². The van der Waals surface area contributed by atoms with E-state index in [2.05, 4.69) is 25.9 Å². The van der Waals surface area contributed by atoms with E-state index in [0.29, 0.717) is 10.4 Å². The molecule has 0 unspecified atom stereocenters. The molecule has 1 aliphatic rings. The monoisotopic (exact) mass is 296 g/mol. The van der Waals surface area contributed by atoms with Gasteiger partial charge in [-0.05, 0) is 34.8 Å². The molecule has 2 nitrogen and oxygen atoms in total. The molecule has 0 aliphatic heterocycles. The third-order valence-corrected chi connectivity index (χ3v) is 4.14. The van der Waals surface area contributed by atoms with Crippen molar-refractivity contribution < 1.29 is 4.39 Å². The van der Waals surface area contributed by atoms with E-state index in [1.165, 1.54) is 38.2 Å². The molecule has 1 saturated carbocycles. The van der Waals surface area contributed by atoms with Gasteiger partial charge in [0.1, 0.15) is 11.6 Å². The van der Waals surface area contributed by atoms with Crippen molar-refractivity contribution in [1.82, 2.24) is 9.97 Å². The third kappa shape index (κ3) is 2.10. The molecule has 1 N–H and O–H groups in total. The summed E-state index contributed by atoms with van der Waals surface area (Å²) >= 11 is 3.19. The molecule has 0 saturated heterocycles. The fourth-order valence-corrected chi connectivity index (χ4v) is 2.93. The van der Waals surface area contributed by atoms with Gasteiger partial charge in [0, 0.05) is 12.0 Å². The molecule has 2 aromatic rings. The van der Waals surface area contributed by atoms with Crippen molar-refractivity contribution in [2.24, 2.45) is 0 Å². The maximum Gasteiger partial charge on any atom is 0.139 e. The zero-order valence-electron chi connectivity index (χ0n) is 9.47. The molecular formula is C13H14BrFN2. The van der Waals surface area contributed by atoms with Crippen LogP contribution in [0.3, 0.4) is 0 Å². The van der Waals surface area contributed by atoms with Gasteiger partial charge in [-0.2, -0.15) is 0 Å². The summed E-state index contributed by atoms with van der Waals surface area (Å²) in [6.45, 7) is 0. The van der Waals surface area contributed by atoms with Gasteiger partial charge in [0.15, 0.2) is 0 Å². The first-order valence-corrected chi connectivity index (χ1v) is 6.88. The maximum atomic E-state index is 13.4. The molecule has 0 spiro atoms. The molecular weight excluding hydrogens is 283 g/mol. The Morgan fingerprint density at radius 3 is 2.76 bits per heavy atom. The van der Waals surface area contributed by atoms with Gasteiger partial charge < -0.3 is 4.98 Å². The number of nitrogens with zero attached hydrogens (tertiary/aromatic N) is 1. The normalized spacial score (nSPS) is 17.8. The Labute approximate surface area is 108 Å². The van der Waals surface area contributed by atoms with Crippen LogP contribution in [0, 0.1) is 5.82 Å². The number of aromatic amines is 1. The molecule has 1 aromatic carbocycles. The van der Waals surface area contributed by atoms with Crippen molar-refractivity contribution in [3.05, 3.63) is 28.2 Å². The van der Waals surface area contributed by atoms with Crippen LogP contribution in [-0.4, -0.2) is 9.97 Å². The lowest BCUT2D eigenvalue weighted by Gasteiger charge is -2.18. The zero-order valence-corrected chi connectivity index (χ0v) is 11.1. The van der Waals surface area contributed by atoms with E-state index in [4.69, 9.17) is 0 Å². The number of halogens is 2. The minimum Gasteiger partial charge on any atom is -0.342 e.